The Bertz CT molecular complexity index is 731. The predicted molar refractivity (Wildman–Crippen MR) is 95.7 cm³/mol. The summed E-state index contributed by atoms with van der Waals surface area (Å²) in [7, 11) is 1.78. The molecule has 0 spiro atoms. The van der Waals surface area contributed by atoms with Crippen LogP contribution in [0, 0.1) is 5.82 Å². The fourth-order valence-corrected chi connectivity index (χ4v) is 3.49. The summed E-state index contributed by atoms with van der Waals surface area (Å²) in [4.78, 5) is 10.7. The van der Waals surface area contributed by atoms with E-state index in [4.69, 9.17) is 21.1 Å². The van der Waals surface area contributed by atoms with Crippen molar-refractivity contribution in [3.63, 3.8) is 0 Å². The summed E-state index contributed by atoms with van der Waals surface area (Å²) in [5.74, 6) is -0.468. The molecule has 25 heavy (non-hydrogen) atoms. The van der Waals surface area contributed by atoms with Gasteiger partial charge in [0.25, 0.3) is 0 Å². The number of hydrogen-bond acceptors (Lipinski definition) is 5. The molecule has 0 saturated carbocycles. The Labute approximate surface area is 152 Å². The third kappa shape index (κ3) is 4.57. The molecule has 1 aromatic carbocycles. The van der Waals surface area contributed by atoms with Crippen molar-refractivity contribution in [2.45, 2.75) is 38.3 Å². The summed E-state index contributed by atoms with van der Waals surface area (Å²) in [6.07, 6.45) is 4.90. The van der Waals surface area contributed by atoms with Crippen LogP contribution in [0.25, 0.3) is 10.9 Å². The first-order chi connectivity index (χ1) is 12.1. The number of hydrogen-bond donors (Lipinski definition) is 0. The average molecular weight is 368 g/mol. The molecule has 0 N–H and O–H groups in total. The topological polar surface area (TPSA) is 47.5 Å². The molecule has 2 heterocycles. The van der Waals surface area contributed by atoms with Gasteiger partial charge in [-0.15, -0.1) is 0 Å². The number of rotatable bonds is 6. The van der Waals surface area contributed by atoms with Crippen molar-refractivity contribution in [3.8, 4) is 6.01 Å². The standard InChI is InChI=1S/C18H23ClFN3O2/c1-12-8-15(24-2)4-6-23(12)5-3-7-25-18-21-11-13-9-14(19)10-16(20)17(13)22-18/h9-12,15H,3-8H2,1-2H3/t12-,15+/m1/s1. The van der Waals surface area contributed by atoms with E-state index in [2.05, 4.69) is 21.8 Å². The molecule has 1 aliphatic heterocycles. The van der Waals surface area contributed by atoms with E-state index in [-0.39, 0.29) is 11.5 Å². The quantitative estimate of drug-likeness (QED) is 0.729. The minimum atomic E-state index is -0.468. The molecule has 0 aliphatic carbocycles. The van der Waals surface area contributed by atoms with Crippen LogP contribution in [0.3, 0.4) is 0 Å². The highest BCUT2D eigenvalue weighted by Crippen LogP contribution is 2.22. The Morgan fingerprint density at radius 3 is 3.00 bits per heavy atom. The van der Waals surface area contributed by atoms with E-state index in [1.165, 1.54) is 12.3 Å². The van der Waals surface area contributed by atoms with Gasteiger partial charge in [0.1, 0.15) is 5.52 Å². The van der Waals surface area contributed by atoms with Gasteiger partial charge < -0.3 is 14.4 Å². The summed E-state index contributed by atoms with van der Waals surface area (Å²) in [5, 5.41) is 0.890. The van der Waals surface area contributed by atoms with Gasteiger partial charge in [0.2, 0.25) is 0 Å². The maximum atomic E-state index is 13.9. The number of aromatic nitrogens is 2. The van der Waals surface area contributed by atoms with E-state index in [0.717, 1.165) is 32.4 Å². The van der Waals surface area contributed by atoms with Crippen LogP contribution in [0.1, 0.15) is 26.2 Å². The number of likely N-dealkylation sites (tertiary alicyclic amines) is 1. The molecule has 0 radical (unpaired) electrons. The maximum Gasteiger partial charge on any atom is 0.317 e. The lowest BCUT2D eigenvalue weighted by Gasteiger charge is -2.37. The first kappa shape index (κ1) is 18.3. The lowest BCUT2D eigenvalue weighted by Crippen LogP contribution is -2.43. The molecule has 5 nitrogen and oxygen atoms in total. The van der Waals surface area contributed by atoms with Crippen molar-refractivity contribution in [2.75, 3.05) is 26.8 Å². The zero-order valence-electron chi connectivity index (χ0n) is 14.5. The Kier molecular flexibility index (Phi) is 6.04. The second kappa shape index (κ2) is 8.25. The normalized spacial score (nSPS) is 21.6. The van der Waals surface area contributed by atoms with Crippen molar-refractivity contribution in [1.82, 2.24) is 14.9 Å². The van der Waals surface area contributed by atoms with Gasteiger partial charge in [-0.3, -0.25) is 0 Å². The lowest BCUT2D eigenvalue weighted by molar-refractivity contribution is 0.0145. The van der Waals surface area contributed by atoms with E-state index < -0.39 is 5.82 Å². The first-order valence-corrected chi connectivity index (χ1v) is 8.96. The number of halogens is 2. The van der Waals surface area contributed by atoms with Gasteiger partial charge in [0.15, 0.2) is 5.82 Å². The largest absolute Gasteiger partial charge is 0.463 e. The van der Waals surface area contributed by atoms with E-state index >= 15 is 0 Å². The summed E-state index contributed by atoms with van der Waals surface area (Å²) in [6, 6.07) is 3.58. The van der Waals surface area contributed by atoms with Gasteiger partial charge in [-0.05, 0) is 38.3 Å². The van der Waals surface area contributed by atoms with Gasteiger partial charge >= 0.3 is 6.01 Å². The second-order valence-corrected chi connectivity index (χ2v) is 6.88. The molecule has 3 rings (SSSR count). The first-order valence-electron chi connectivity index (χ1n) is 8.58. The van der Waals surface area contributed by atoms with Crippen LogP contribution < -0.4 is 4.74 Å². The van der Waals surface area contributed by atoms with Gasteiger partial charge in [-0.25, -0.2) is 9.37 Å². The van der Waals surface area contributed by atoms with E-state index in [9.17, 15) is 4.39 Å². The highest BCUT2D eigenvalue weighted by molar-refractivity contribution is 6.31. The van der Waals surface area contributed by atoms with Gasteiger partial charge in [-0.1, -0.05) is 11.6 Å². The summed E-state index contributed by atoms with van der Waals surface area (Å²) >= 11 is 5.83. The highest BCUT2D eigenvalue weighted by atomic mass is 35.5. The minimum Gasteiger partial charge on any atom is -0.463 e. The molecule has 1 aliphatic rings. The maximum absolute atomic E-state index is 13.9. The zero-order chi connectivity index (χ0) is 17.8. The molecule has 2 aromatic rings. The number of benzene rings is 1. The Morgan fingerprint density at radius 1 is 1.40 bits per heavy atom. The fraction of sp³-hybridized carbons (Fsp3) is 0.556. The van der Waals surface area contributed by atoms with Crippen LogP contribution in [-0.4, -0.2) is 53.8 Å². The van der Waals surface area contributed by atoms with Crippen molar-refractivity contribution >= 4 is 22.5 Å². The molecule has 7 heteroatoms. The molecule has 0 unspecified atom stereocenters. The third-order valence-electron chi connectivity index (χ3n) is 4.70. The van der Waals surface area contributed by atoms with Crippen molar-refractivity contribution in [1.29, 1.82) is 0 Å². The Morgan fingerprint density at radius 2 is 2.24 bits per heavy atom. The zero-order valence-corrected chi connectivity index (χ0v) is 15.3. The number of fused-ring (bicyclic) bond motifs is 1. The Hall–Kier alpha value is -1.50. The molecular weight excluding hydrogens is 345 g/mol. The predicted octanol–water partition coefficient (Wildman–Crippen LogP) is 3.69. The van der Waals surface area contributed by atoms with Crippen molar-refractivity contribution in [3.05, 3.63) is 29.2 Å². The van der Waals surface area contributed by atoms with E-state index in [1.807, 2.05) is 0 Å². The van der Waals surface area contributed by atoms with Crippen LogP contribution in [0.15, 0.2) is 18.3 Å². The van der Waals surface area contributed by atoms with E-state index in [0.29, 0.717) is 29.2 Å². The van der Waals surface area contributed by atoms with Crippen LogP contribution >= 0.6 is 11.6 Å². The smallest absolute Gasteiger partial charge is 0.317 e. The third-order valence-corrected chi connectivity index (χ3v) is 4.92. The van der Waals surface area contributed by atoms with Crippen LogP contribution in [0.2, 0.25) is 5.02 Å². The number of nitrogens with zero attached hydrogens (tertiary/aromatic N) is 3. The highest BCUT2D eigenvalue weighted by Gasteiger charge is 2.24. The van der Waals surface area contributed by atoms with Crippen LogP contribution in [0.4, 0.5) is 4.39 Å². The molecule has 136 valence electrons. The molecule has 0 bridgehead atoms. The van der Waals surface area contributed by atoms with Crippen LogP contribution in [0.5, 0.6) is 6.01 Å². The van der Waals surface area contributed by atoms with Gasteiger partial charge in [-0.2, -0.15) is 4.98 Å². The molecule has 1 aromatic heterocycles. The van der Waals surface area contributed by atoms with Crippen molar-refractivity contribution in [2.24, 2.45) is 0 Å². The summed E-state index contributed by atoms with van der Waals surface area (Å²) in [5.41, 5.74) is 0.227. The lowest BCUT2D eigenvalue weighted by atomic mass is 10.0. The minimum absolute atomic E-state index is 0.194. The van der Waals surface area contributed by atoms with Crippen molar-refractivity contribution < 1.29 is 13.9 Å². The summed E-state index contributed by atoms with van der Waals surface area (Å²) in [6.45, 7) is 4.72. The molecule has 2 atom stereocenters. The average Bonchev–Trinajstić information content (AvgIpc) is 2.60. The van der Waals surface area contributed by atoms with Gasteiger partial charge in [0, 0.05) is 42.8 Å². The van der Waals surface area contributed by atoms with Gasteiger partial charge in [0.05, 0.1) is 12.7 Å². The molecule has 0 amide bonds. The number of ether oxygens (including phenoxy) is 2. The SMILES string of the molecule is CO[C@H]1CCN(CCCOc2ncc3cc(Cl)cc(F)c3n2)[C@H](C)C1. The number of piperidine rings is 1. The van der Waals surface area contributed by atoms with E-state index in [1.54, 1.807) is 13.2 Å². The monoisotopic (exact) mass is 367 g/mol. The Balaban J connectivity index is 1.50. The molecular formula is C18H23ClFN3O2. The summed E-state index contributed by atoms with van der Waals surface area (Å²) < 4.78 is 24.9. The molecule has 1 saturated heterocycles. The molecule has 1 fully saturated rings. The second-order valence-electron chi connectivity index (χ2n) is 6.45. The van der Waals surface area contributed by atoms with Crippen LogP contribution in [-0.2, 0) is 4.74 Å². The number of methoxy groups -OCH3 is 1. The fourth-order valence-electron chi connectivity index (χ4n) is 3.28.